The summed E-state index contributed by atoms with van der Waals surface area (Å²) < 4.78 is 0. The second-order valence-electron chi connectivity index (χ2n) is 5.57. The number of nitrogens with zero attached hydrogens (tertiary/aromatic N) is 2. The van der Waals surface area contributed by atoms with Crippen molar-refractivity contribution >= 4 is 5.82 Å². The van der Waals surface area contributed by atoms with Crippen molar-refractivity contribution in [1.29, 1.82) is 0 Å². The number of piperidine rings is 1. The molecule has 0 aliphatic carbocycles. The minimum absolute atomic E-state index is 0.841. The summed E-state index contributed by atoms with van der Waals surface area (Å²) >= 11 is 0. The van der Waals surface area contributed by atoms with E-state index >= 15 is 0 Å². The van der Waals surface area contributed by atoms with E-state index in [1.54, 1.807) is 0 Å². The van der Waals surface area contributed by atoms with Crippen molar-refractivity contribution in [3.63, 3.8) is 0 Å². The molecule has 0 radical (unpaired) electrons. The number of rotatable bonds is 5. The summed E-state index contributed by atoms with van der Waals surface area (Å²) in [6.07, 6.45) is 4.98. The van der Waals surface area contributed by atoms with E-state index in [0.717, 1.165) is 25.4 Å². The van der Waals surface area contributed by atoms with E-state index in [-0.39, 0.29) is 0 Å². The van der Waals surface area contributed by atoms with E-state index in [1.165, 1.54) is 42.9 Å². The maximum absolute atomic E-state index is 4.82. The number of hydrogen-bond acceptors (Lipinski definition) is 3. The molecule has 1 unspecified atom stereocenters. The van der Waals surface area contributed by atoms with Crippen LogP contribution in [-0.2, 0) is 13.0 Å². The van der Waals surface area contributed by atoms with Gasteiger partial charge in [0.1, 0.15) is 5.82 Å². The third-order valence-corrected chi connectivity index (χ3v) is 4.09. The fourth-order valence-corrected chi connectivity index (χ4v) is 2.89. The topological polar surface area (TPSA) is 28.2 Å². The normalized spacial score (nSPS) is 19.7. The second kappa shape index (κ2) is 6.90. The van der Waals surface area contributed by atoms with E-state index in [0.29, 0.717) is 0 Å². The molecular formula is C16H27N3. The largest absolute Gasteiger partial charge is 0.356 e. The Bertz CT molecular complexity index is 403. The smallest absolute Gasteiger partial charge is 0.129 e. The fourth-order valence-electron chi connectivity index (χ4n) is 2.89. The fraction of sp³-hybridized carbons (Fsp3) is 0.688. The minimum atomic E-state index is 0.841. The van der Waals surface area contributed by atoms with Gasteiger partial charge in [-0.15, -0.1) is 0 Å². The molecule has 1 atom stereocenters. The lowest BCUT2D eigenvalue weighted by molar-refractivity contribution is 0.403. The van der Waals surface area contributed by atoms with Gasteiger partial charge in [0.05, 0.1) is 0 Å². The predicted molar refractivity (Wildman–Crippen MR) is 81.6 cm³/mol. The lowest BCUT2D eigenvalue weighted by Crippen LogP contribution is -2.36. The molecule has 3 nitrogen and oxygen atoms in total. The zero-order valence-electron chi connectivity index (χ0n) is 12.6. The van der Waals surface area contributed by atoms with Crippen molar-refractivity contribution in [3.8, 4) is 0 Å². The molecule has 1 aromatic rings. The van der Waals surface area contributed by atoms with Gasteiger partial charge in [-0.25, -0.2) is 4.98 Å². The van der Waals surface area contributed by atoms with Crippen LogP contribution < -0.4 is 10.2 Å². The first kappa shape index (κ1) is 14.3. The van der Waals surface area contributed by atoms with Crippen molar-refractivity contribution in [2.75, 3.05) is 25.0 Å². The van der Waals surface area contributed by atoms with Crippen LogP contribution in [0, 0.1) is 5.92 Å². The molecule has 2 heterocycles. The van der Waals surface area contributed by atoms with Crippen molar-refractivity contribution in [3.05, 3.63) is 23.4 Å². The molecule has 19 heavy (non-hydrogen) atoms. The summed E-state index contributed by atoms with van der Waals surface area (Å²) in [5, 5.41) is 3.24. The second-order valence-corrected chi connectivity index (χ2v) is 5.57. The van der Waals surface area contributed by atoms with Gasteiger partial charge in [0.15, 0.2) is 0 Å². The number of pyridine rings is 1. The lowest BCUT2D eigenvalue weighted by Gasteiger charge is -2.33. The van der Waals surface area contributed by atoms with Crippen LogP contribution in [0.1, 0.15) is 44.4 Å². The van der Waals surface area contributed by atoms with Gasteiger partial charge >= 0.3 is 0 Å². The van der Waals surface area contributed by atoms with E-state index in [4.69, 9.17) is 4.98 Å². The minimum Gasteiger partial charge on any atom is -0.356 e. The zero-order valence-corrected chi connectivity index (χ0v) is 12.6. The molecular weight excluding hydrogens is 234 g/mol. The molecule has 0 amide bonds. The molecule has 1 N–H and O–H groups in total. The highest BCUT2D eigenvalue weighted by atomic mass is 15.2. The van der Waals surface area contributed by atoms with Gasteiger partial charge < -0.3 is 10.2 Å². The zero-order chi connectivity index (χ0) is 13.7. The number of aryl methyl sites for hydroxylation is 1. The molecule has 3 heteroatoms. The molecule has 0 saturated carbocycles. The molecule has 0 bridgehead atoms. The van der Waals surface area contributed by atoms with Crippen LogP contribution in [0.3, 0.4) is 0 Å². The highest BCUT2D eigenvalue weighted by molar-refractivity contribution is 5.43. The van der Waals surface area contributed by atoms with Crippen molar-refractivity contribution in [2.45, 2.75) is 46.1 Å². The first-order valence-electron chi connectivity index (χ1n) is 7.66. The van der Waals surface area contributed by atoms with Gasteiger partial charge in [0, 0.05) is 25.3 Å². The van der Waals surface area contributed by atoms with Gasteiger partial charge in [-0.1, -0.05) is 20.3 Å². The quantitative estimate of drug-likeness (QED) is 0.883. The molecule has 1 aliphatic rings. The molecule has 1 aromatic heterocycles. The van der Waals surface area contributed by atoms with Crippen LogP contribution in [0.25, 0.3) is 0 Å². The summed E-state index contributed by atoms with van der Waals surface area (Å²) in [7, 11) is 2.00. The Kier molecular flexibility index (Phi) is 5.20. The highest BCUT2D eigenvalue weighted by Crippen LogP contribution is 2.24. The third-order valence-electron chi connectivity index (χ3n) is 4.09. The molecule has 1 aliphatic heterocycles. The van der Waals surface area contributed by atoms with Crippen LogP contribution in [-0.4, -0.2) is 25.1 Å². The van der Waals surface area contributed by atoms with Crippen LogP contribution >= 0.6 is 0 Å². The molecule has 0 spiro atoms. The number of nitrogens with one attached hydrogen (secondary N) is 1. The van der Waals surface area contributed by atoms with Crippen LogP contribution in [0.15, 0.2) is 12.1 Å². The van der Waals surface area contributed by atoms with Crippen molar-refractivity contribution in [1.82, 2.24) is 10.3 Å². The molecule has 0 aromatic carbocycles. The van der Waals surface area contributed by atoms with Gasteiger partial charge in [0.2, 0.25) is 0 Å². The SMILES string of the molecule is CCc1cc(CNC)cc(N2CCCC(CC)C2)n1. The Morgan fingerprint density at radius 2 is 2.21 bits per heavy atom. The predicted octanol–water partition coefficient (Wildman–Crippen LogP) is 2.99. The van der Waals surface area contributed by atoms with Gasteiger partial charge in [0.25, 0.3) is 0 Å². The van der Waals surface area contributed by atoms with Crippen LogP contribution in [0.4, 0.5) is 5.82 Å². The Balaban J connectivity index is 2.19. The van der Waals surface area contributed by atoms with Gasteiger partial charge in [-0.2, -0.15) is 0 Å². The Morgan fingerprint density at radius 1 is 1.37 bits per heavy atom. The highest BCUT2D eigenvalue weighted by Gasteiger charge is 2.20. The maximum Gasteiger partial charge on any atom is 0.129 e. The summed E-state index contributed by atoms with van der Waals surface area (Å²) in [6.45, 7) is 7.75. The standard InChI is InChI=1S/C16H27N3/c1-4-13-7-6-8-19(12-13)16-10-14(11-17-3)9-15(5-2)18-16/h9-10,13,17H,4-8,11-12H2,1-3H3. The monoisotopic (exact) mass is 261 g/mol. The Morgan fingerprint density at radius 3 is 2.89 bits per heavy atom. The Hall–Kier alpha value is -1.09. The first-order chi connectivity index (χ1) is 9.26. The van der Waals surface area contributed by atoms with Crippen LogP contribution in [0.2, 0.25) is 0 Å². The van der Waals surface area contributed by atoms with Gasteiger partial charge in [-0.3, -0.25) is 0 Å². The summed E-state index contributed by atoms with van der Waals surface area (Å²) in [4.78, 5) is 7.31. The van der Waals surface area contributed by atoms with Crippen LogP contribution in [0.5, 0.6) is 0 Å². The first-order valence-corrected chi connectivity index (χ1v) is 7.66. The number of hydrogen-bond donors (Lipinski definition) is 1. The van der Waals surface area contributed by atoms with Crippen molar-refractivity contribution < 1.29 is 0 Å². The molecule has 1 fully saturated rings. The van der Waals surface area contributed by atoms with Crippen molar-refractivity contribution in [2.24, 2.45) is 5.92 Å². The molecule has 2 rings (SSSR count). The molecule has 1 saturated heterocycles. The maximum atomic E-state index is 4.82. The molecule has 106 valence electrons. The van der Waals surface area contributed by atoms with Gasteiger partial charge in [-0.05, 0) is 49.9 Å². The Labute approximate surface area is 117 Å². The number of aromatic nitrogens is 1. The average molecular weight is 261 g/mol. The average Bonchev–Trinajstić information content (AvgIpc) is 2.47. The third kappa shape index (κ3) is 3.69. The van der Waals surface area contributed by atoms with E-state index in [9.17, 15) is 0 Å². The lowest BCUT2D eigenvalue weighted by atomic mass is 9.95. The van der Waals surface area contributed by atoms with E-state index in [2.05, 4.69) is 36.2 Å². The number of anilines is 1. The summed E-state index contributed by atoms with van der Waals surface area (Å²) in [5.74, 6) is 2.02. The summed E-state index contributed by atoms with van der Waals surface area (Å²) in [5.41, 5.74) is 2.56. The van der Waals surface area contributed by atoms with E-state index in [1.807, 2.05) is 7.05 Å². The summed E-state index contributed by atoms with van der Waals surface area (Å²) in [6, 6.07) is 4.48. The van der Waals surface area contributed by atoms with E-state index < -0.39 is 0 Å².